The second-order valence-corrected chi connectivity index (χ2v) is 4.75. The summed E-state index contributed by atoms with van der Waals surface area (Å²) in [6, 6.07) is 13.7. The van der Waals surface area contributed by atoms with Gasteiger partial charge in [-0.25, -0.2) is 0 Å². The highest BCUT2D eigenvalue weighted by Crippen LogP contribution is 2.15. The minimum absolute atomic E-state index is 0.0177. The highest BCUT2D eigenvalue weighted by Gasteiger charge is 2.09. The minimum atomic E-state index is -0.531. The molecule has 2 atom stereocenters. The second kappa shape index (κ2) is 7.85. The van der Waals surface area contributed by atoms with Crippen LogP contribution < -0.4 is 5.32 Å². The van der Waals surface area contributed by atoms with Gasteiger partial charge < -0.3 is 19.6 Å². The molecule has 2 rings (SSSR count). The Kier molecular flexibility index (Phi) is 5.80. The topological polar surface area (TPSA) is 54.6 Å². The van der Waals surface area contributed by atoms with Crippen molar-refractivity contribution in [3.05, 3.63) is 60.1 Å². The van der Waals surface area contributed by atoms with Crippen molar-refractivity contribution in [2.24, 2.45) is 0 Å². The van der Waals surface area contributed by atoms with Crippen LogP contribution in [0.4, 0.5) is 0 Å². The number of hydrogen-bond acceptors (Lipinski definition) is 4. The lowest BCUT2D eigenvalue weighted by atomic mass is 10.1. The van der Waals surface area contributed by atoms with Gasteiger partial charge in [-0.3, -0.25) is 0 Å². The van der Waals surface area contributed by atoms with E-state index in [1.165, 1.54) is 0 Å². The molecule has 0 saturated heterocycles. The Morgan fingerprint density at radius 3 is 2.70 bits per heavy atom. The van der Waals surface area contributed by atoms with Gasteiger partial charge in [-0.05, 0) is 24.6 Å². The Labute approximate surface area is 119 Å². The maximum absolute atomic E-state index is 9.86. The number of aliphatic hydroxyl groups is 1. The maximum atomic E-state index is 9.86. The molecule has 0 amide bonds. The van der Waals surface area contributed by atoms with Crippen LogP contribution in [-0.4, -0.2) is 24.4 Å². The molecule has 0 aliphatic heterocycles. The van der Waals surface area contributed by atoms with E-state index in [4.69, 9.17) is 9.15 Å². The molecule has 0 aliphatic carbocycles. The van der Waals surface area contributed by atoms with E-state index in [0.717, 1.165) is 11.3 Å². The van der Waals surface area contributed by atoms with Crippen LogP contribution >= 0.6 is 0 Å². The van der Waals surface area contributed by atoms with Crippen LogP contribution in [0.15, 0.2) is 53.1 Å². The van der Waals surface area contributed by atoms with Gasteiger partial charge in [0.2, 0.25) is 0 Å². The third-order valence-corrected chi connectivity index (χ3v) is 3.07. The van der Waals surface area contributed by atoms with Crippen LogP contribution in [0.3, 0.4) is 0 Å². The normalized spacial score (nSPS) is 14.1. The molecule has 108 valence electrons. The number of ether oxygens (including phenoxy) is 1. The fraction of sp³-hybridized carbons (Fsp3) is 0.375. The van der Waals surface area contributed by atoms with Gasteiger partial charge in [0, 0.05) is 6.54 Å². The van der Waals surface area contributed by atoms with Crippen molar-refractivity contribution < 1.29 is 14.3 Å². The molecule has 20 heavy (non-hydrogen) atoms. The van der Waals surface area contributed by atoms with Crippen LogP contribution in [0.2, 0.25) is 0 Å². The molecule has 1 aromatic heterocycles. The fourth-order valence-electron chi connectivity index (χ4n) is 1.91. The van der Waals surface area contributed by atoms with Crippen LogP contribution in [0, 0.1) is 0 Å². The van der Waals surface area contributed by atoms with Gasteiger partial charge >= 0.3 is 0 Å². The summed E-state index contributed by atoms with van der Waals surface area (Å²) >= 11 is 0. The Morgan fingerprint density at radius 1 is 1.20 bits per heavy atom. The lowest BCUT2D eigenvalue weighted by molar-refractivity contribution is -0.00223. The van der Waals surface area contributed by atoms with E-state index in [-0.39, 0.29) is 6.10 Å². The first-order chi connectivity index (χ1) is 9.75. The number of benzene rings is 1. The predicted molar refractivity (Wildman–Crippen MR) is 77.2 cm³/mol. The first-order valence-corrected chi connectivity index (χ1v) is 6.83. The Hall–Kier alpha value is -1.62. The molecule has 0 aliphatic rings. The standard InChI is InChI=1S/C16H21NO3/c1-13(14-6-3-2-4-7-14)20-12-15(18)10-17-11-16-8-5-9-19-16/h2-9,13,15,17-18H,10-12H2,1H3. The van der Waals surface area contributed by atoms with E-state index >= 15 is 0 Å². The van der Waals surface area contributed by atoms with Gasteiger partial charge in [-0.15, -0.1) is 0 Å². The first-order valence-electron chi connectivity index (χ1n) is 6.83. The summed E-state index contributed by atoms with van der Waals surface area (Å²) in [4.78, 5) is 0. The molecule has 4 nitrogen and oxygen atoms in total. The summed E-state index contributed by atoms with van der Waals surface area (Å²) < 4.78 is 10.9. The smallest absolute Gasteiger partial charge is 0.117 e. The zero-order valence-corrected chi connectivity index (χ0v) is 11.7. The summed E-state index contributed by atoms with van der Waals surface area (Å²) in [6.45, 7) is 3.38. The monoisotopic (exact) mass is 275 g/mol. The van der Waals surface area contributed by atoms with Crippen LogP contribution in [0.25, 0.3) is 0 Å². The predicted octanol–water partition coefficient (Wildman–Crippen LogP) is 2.51. The van der Waals surface area contributed by atoms with E-state index in [1.54, 1.807) is 6.26 Å². The molecule has 1 heterocycles. The zero-order chi connectivity index (χ0) is 14.2. The number of furan rings is 1. The van der Waals surface area contributed by atoms with Crippen molar-refractivity contribution in [3.63, 3.8) is 0 Å². The zero-order valence-electron chi connectivity index (χ0n) is 11.7. The van der Waals surface area contributed by atoms with Crippen LogP contribution in [-0.2, 0) is 11.3 Å². The van der Waals surface area contributed by atoms with Gasteiger partial charge in [0.1, 0.15) is 5.76 Å². The molecule has 1 aromatic carbocycles. The number of aliphatic hydroxyl groups excluding tert-OH is 1. The van der Waals surface area contributed by atoms with Crippen molar-refractivity contribution in [1.82, 2.24) is 5.32 Å². The van der Waals surface area contributed by atoms with E-state index in [0.29, 0.717) is 19.7 Å². The minimum Gasteiger partial charge on any atom is -0.468 e. The van der Waals surface area contributed by atoms with E-state index < -0.39 is 6.10 Å². The Balaban J connectivity index is 1.63. The number of nitrogens with one attached hydrogen (secondary N) is 1. The first kappa shape index (κ1) is 14.8. The quantitative estimate of drug-likeness (QED) is 0.777. The van der Waals surface area contributed by atoms with E-state index in [2.05, 4.69) is 5.32 Å². The summed E-state index contributed by atoms with van der Waals surface area (Å²) in [5.74, 6) is 0.857. The lowest BCUT2D eigenvalue weighted by Gasteiger charge is -2.17. The van der Waals surface area contributed by atoms with Gasteiger partial charge in [0.15, 0.2) is 0 Å². The third-order valence-electron chi connectivity index (χ3n) is 3.07. The van der Waals surface area contributed by atoms with Gasteiger partial charge in [-0.1, -0.05) is 30.3 Å². The van der Waals surface area contributed by atoms with Gasteiger partial charge in [0.25, 0.3) is 0 Å². The largest absolute Gasteiger partial charge is 0.468 e. The second-order valence-electron chi connectivity index (χ2n) is 4.75. The van der Waals surface area contributed by atoms with Crippen molar-refractivity contribution >= 4 is 0 Å². The molecule has 2 aromatic rings. The van der Waals surface area contributed by atoms with E-state index in [1.807, 2.05) is 49.4 Å². The Morgan fingerprint density at radius 2 is 2.00 bits per heavy atom. The maximum Gasteiger partial charge on any atom is 0.117 e. The van der Waals surface area contributed by atoms with Crippen LogP contribution in [0.5, 0.6) is 0 Å². The average molecular weight is 275 g/mol. The van der Waals surface area contributed by atoms with Crippen molar-refractivity contribution in [2.75, 3.05) is 13.2 Å². The summed E-state index contributed by atoms with van der Waals surface area (Å²) in [6.07, 6.45) is 1.09. The lowest BCUT2D eigenvalue weighted by Crippen LogP contribution is -2.30. The molecule has 2 unspecified atom stereocenters. The third kappa shape index (κ3) is 4.81. The SMILES string of the molecule is CC(OCC(O)CNCc1ccco1)c1ccccc1. The molecular formula is C16H21NO3. The summed E-state index contributed by atoms with van der Waals surface area (Å²) in [5.41, 5.74) is 1.11. The Bertz CT molecular complexity index is 470. The highest BCUT2D eigenvalue weighted by atomic mass is 16.5. The highest BCUT2D eigenvalue weighted by molar-refractivity contribution is 5.16. The van der Waals surface area contributed by atoms with Crippen molar-refractivity contribution in [2.45, 2.75) is 25.7 Å². The number of rotatable bonds is 8. The van der Waals surface area contributed by atoms with Crippen LogP contribution in [0.1, 0.15) is 24.4 Å². The summed E-state index contributed by atoms with van der Waals surface area (Å²) in [7, 11) is 0. The molecule has 0 bridgehead atoms. The molecule has 0 fully saturated rings. The van der Waals surface area contributed by atoms with E-state index in [9.17, 15) is 5.11 Å². The molecule has 0 spiro atoms. The van der Waals surface area contributed by atoms with Gasteiger partial charge in [0.05, 0.1) is 31.6 Å². The molecule has 2 N–H and O–H groups in total. The summed E-state index contributed by atoms with van der Waals surface area (Å²) in [5, 5.41) is 13.0. The number of hydrogen-bond donors (Lipinski definition) is 2. The fourth-order valence-corrected chi connectivity index (χ4v) is 1.91. The molecule has 4 heteroatoms. The van der Waals surface area contributed by atoms with Crippen molar-refractivity contribution in [3.8, 4) is 0 Å². The molecule has 0 saturated carbocycles. The molecular weight excluding hydrogens is 254 g/mol. The van der Waals surface area contributed by atoms with Gasteiger partial charge in [-0.2, -0.15) is 0 Å². The van der Waals surface area contributed by atoms with Crippen molar-refractivity contribution in [1.29, 1.82) is 0 Å². The average Bonchev–Trinajstić information content (AvgIpc) is 2.99. The molecule has 0 radical (unpaired) electrons.